The molecule has 164 valence electrons. The number of benzene rings is 1. The molecule has 0 spiro atoms. The van der Waals surface area contributed by atoms with Crippen LogP contribution in [-0.2, 0) is 23.9 Å². The van der Waals surface area contributed by atoms with Gasteiger partial charge >= 0.3 is 6.18 Å². The molecule has 5 nitrogen and oxygen atoms in total. The van der Waals surface area contributed by atoms with Crippen LogP contribution >= 0.6 is 0 Å². The highest BCUT2D eigenvalue weighted by atomic mass is 19.4. The molecule has 1 fully saturated rings. The van der Waals surface area contributed by atoms with Crippen LogP contribution in [-0.4, -0.2) is 43.7 Å². The van der Waals surface area contributed by atoms with E-state index in [1.54, 1.807) is 12.3 Å². The van der Waals surface area contributed by atoms with Crippen molar-refractivity contribution in [1.29, 1.82) is 0 Å². The Labute approximate surface area is 174 Å². The first-order valence-corrected chi connectivity index (χ1v) is 10.2. The highest BCUT2D eigenvalue weighted by Gasteiger charge is 2.30. The minimum atomic E-state index is -4.36. The van der Waals surface area contributed by atoms with Gasteiger partial charge in [-0.1, -0.05) is 12.1 Å². The van der Waals surface area contributed by atoms with Gasteiger partial charge in [-0.25, -0.2) is 4.99 Å². The predicted molar refractivity (Wildman–Crippen MR) is 109 cm³/mol. The van der Waals surface area contributed by atoms with Crippen LogP contribution in [0.4, 0.5) is 13.2 Å². The van der Waals surface area contributed by atoms with E-state index in [1.165, 1.54) is 6.07 Å². The van der Waals surface area contributed by atoms with Gasteiger partial charge in [-0.3, -0.25) is 0 Å². The van der Waals surface area contributed by atoms with Crippen LogP contribution in [0.3, 0.4) is 0 Å². The van der Waals surface area contributed by atoms with E-state index in [0.29, 0.717) is 43.6 Å². The third kappa shape index (κ3) is 6.52. The van der Waals surface area contributed by atoms with Crippen molar-refractivity contribution in [3.63, 3.8) is 0 Å². The number of guanidine groups is 1. The summed E-state index contributed by atoms with van der Waals surface area (Å²) in [4.78, 5) is 6.78. The second kappa shape index (κ2) is 10.5. The Bertz CT molecular complexity index is 806. The lowest BCUT2D eigenvalue weighted by atomic mass is 10.1. The Morgan fingerprint density at radius 1 is 1.30 bits per heavy atom. The maximum absolute atomic E-state index is 13.0. The van der Waals surface area contributed by atoms with Crippen molar-refractivity contribution in [3.05, 3.63) is 59.5 Å². The molecule has 1 aromatic heterocycles. The van der Waals surface area contributed by atoms with Gasteiger partial charge < -0.3 is 19.4 Å². The minimum absolute atomic E-state index is 0.180. The van der Waals surface area contributed by atoms with Crippen molar-refractivity contribution in [2.75, 3.05) is 32.8 Å². The van der Waals surface area contributed by atoms with Crippen molar-refractivity contribution < 1.29 is 22.3 Å². The largest absolute Gasteiger partial charge is 0.469 e. The Morgan fingerprint density at radius 2 is 2.17 bits per heavy atom. The molecule has 1 aliphatic rings. The SMILES string of the molecule is CCOCC1CCN(C(=NCc2cccc(C(F)(F)F)c2)NCCc2ccco2)C1. The van der Waals surface area contributed by atoms with E-state index in [2.05, 4.69) is 15.2 Å². The minimum Gasteiger partial charge on any atom is -0.469 e. The average Bonchev–Trinajstić information content (AvgIpc) is 3.40. The van der Waals surface area contributed by atoms with E-state index >= 15 is 0 Å². The third-order valence-corrected chi connectivity index (χ3v) is 5.04. The summed E-state index contributed by atoms with van der Waals surface area (Å²) in [6, 6.07) is 9.08. The molecule has 0 bridgehead atoms. The highest BCUT2D eigenvalue weighted by Crippen LogP contribution is 2.29. The normalized spacial score (nSPS) is 17.5. The molecule has 0 amide bonds. The Balaban J connectivity index is 1.66. The molecule has 2 heterocycles. The summed E-state index contributed by atoms with van der Waals surface area (Å²) < 4.78 is 49.8. The maximum atomic E-state index is 13.0. The van der Waals surface area contributed by atoms with Gasteiger partial charge in [-0.2, -0.15) is 13.2 Å². The number of likely N-dealkylation sites (tertiary alicyclic amines) is 1. The lowest BCUT2D eigenvalue weighted by Gasteiger charge is -2.22. The van der Waals surface area contributed by atoms with Gasteiger partial charge in [0.15, 0.2) is 5.96 Å². The van der Waals surface area contributed by atoms with Crippen molar-refractivity contribution in [3.8, 4) is 0 Å². The van der Waals surface area contributed by atoms with E-state index in [9.17, 15) is 13.2 Å². The summed E-state index contributed by atoms with van der Waals surface area (Å²) >= 11 is 0. The lowest BCUT2D eigenvalue weighted by molar-refractivity contribution is -0.137. The number of alkyl halides is 3. The van der Waals surface area contributed by atoms with Crippen LogP contribution in [0, 0.1) is 5.92 Å². The van der Waals surface area contributed by atoms with Crippen LogP contribution in [0.1, 0.15) is 30.2 Å². The molecule has 8 heteroatoms. The summed E-state index contributed by atoms with van der Waals surface area (Å²) in [6.07, 6.45) is -1.02. The number of halogens is 3. The van der Waals surface area contributed by atoms with Gasteiger partial charge in [0, 0.05) is 38.6 Å². The van der Waals surface area contributed by atoms with E-state index in [-0.39, 0.29) is 6.54 Å². The van der Waals surface area contributed by atoms with Gasteiger partial charge in [0.25, 0.3) is 0 Å². The number of furan rings is 1. The molecule has 0 radical (unpaired) electrons. The molecule has 3 rings (SSSR count). The first-order chi connectivity index (χ1) is 14.5. The summed E-state index contributed by atoms with van der Waals surface area (Å²) in [5.41, 5.74) is -0.124. The number of rotatable bonds is 8. The molecule has 1 unspecified atom stereocenters. The van der Waals surface area contributed by atoms with Crippen LogP contribution < -0.4 is 5.32 Å². The molecule has 30 heavy (non-hydrogen) atoms. The molecular weight excluding hydrogens is 395 g/mol. The van der Waals surface area contributed by atoms with Crippen molar-refractivity contribution in [1.82, 2.24) is 10.2 Å². The lowest BCUT2D eigenvalue weighted by Crippen LogP contribution is -2.41. The number of nitrogens with one attached hydrogen (secondary N) is 1. The van der Waals surface area contributed by atoms with E-state index in [1.807, 2.05) is 19.1 Å². The van der Waals surface area contributed by atoms with Crippen LogP contribution in [0.15, 0.2) is 52.1 Å². The Kier molecular flexibility index (Phi) is 7.79. The number of ether oxygens (including phenoxy) is 1. The fourth-order valence-corrected chi connectivity index (χ4v) is 3.48. The zero-order valence-corrected chi connectivity index (χ0v) is 17.1. The maximum Gasteiger partial charge on any atom is 0.416 e. The first-order valence-electron chi connectivity index (χ1n) is 10.2. The zero-order valence-electron chi connectivity index (χ0n) is 17.1. The number of hydrogen-bond donors (Lipinski definition) is 1. The van der Waals surface area contributed by atoms with Crippen LogP contribution in [0.2, 0.25) is 0 Å². The van der Waals surface area contributed by atoms with Crippen LogP contribution in [0.25, 0.3) is 0 Å². The van der Waals surface area contributed by atoms with E-state index < -0.39 is 11.7 Å². The molecular formula is C22H28F3N3O2. The molecule has 1 saturated heterocycles. The number of aliphatic imine (C=N–C) groups is 1. The standard InChI is InChI=1S/C22H28F3N3O2/c1-2-29-16-18-9-11-28(15-18)21(26-10-8-20-7-4-12-30-20)27-14-17-5-3-6-19(13-17)22(23,24)25/h3-7,12-13,18H,2,8-11,14-16H2,1H3,(H,26,27). The summed E-state index contributed by atoms with van der Waals surface area (Å²) in [7, 11) is 0. The second-order valence-electron chi connectivity index (χ2n) is 7.35. The Morgan fingerprint density at radius 3 is 2.90 bits per heavy atom. The molecule has 1 aromatic carbocycles. The summed E-state index contributed by atoms with van der Waals surface area (Å²) in [5.74, 6) is 2.00. The Hall–Kier alpha value is -2.48. The predicted octanol–water partition coefficient (Wildman–Crippen LogP) is 4.35. The van der Waals surface area contributed by atoms with Gasteiger partial charge in [0.05, 0.1) is 25.0 Å². The van der Waals surface area contributed by atoms with E-state index in [4.69, 9.17) is 9.15 Å². The van der Waals surface area contributed by atoms with Gasteiger partial charge in [0.1, 0.15) is 5.76 Å². The first kappa shape index (κ1) is 22.2. The van der Waals surface area contributed by atoms with Gasteiger partial charge in [-0.05, 0) is 43.2 Å². The summed E-state index contributed by atoms with van der Waals surface area (Å²) in [6.45, 7) is 5.84. The smallest absolute Gasteiger partial charge is 0.416 e. The average molecular weight is 423 g/mol. The van der Waals surface area contributed by atoms with Crippen molar-refractivity contribution >= 4 is 5.96 Å². The molecule has 0 saturated carbocycles. The topological polar surface area (TPSA) is 50.0 Å². The van der Waals surface area contributed by atoms with Gasteiger partial charge in [0.2, 0.25) is 0 Å². The van der Waals surface area contributed by atoms with Gasteiger partial charge in [-0.15, -0.1) is 0 Å². The van der Waals surface area contributed by atoms with Crippen molar-refractivity contribution in [2.24, 2.45) is 10.9 Å². The second-order valence-corrected chi connectivity index (χ2v) is 7.35. The van der Waals surface area contributed by atoms with Crippen molar-refractivity contribution in [2.45, 2.75) is 32.5 Å². The fraction of sp³-hybridized carbons (Fsp3) is 0.500. The summed E-state index contributed by atoms with van der Waals surface area (Å²) in [5, 5.41) is 3.34. The zero-order chi connectivity index (χ0) is 21.4. The molecule has 2 aromatic rings. The number of hydrogen-bond acceptors (Lipinski definition) is 3. The highest BCUT2D eigenvalue weighted by molar-refractivity contribution is 5.80. The monoisotopic (exact) mass is 423 g/mol. The molecule has 1 aliphatic heterocycles. The molecule has 0 aliphatic carbocycles. The third-order valence-electron chi connectivity index (χ3n) is 5.04. The quantitative estimate of drug-likeness (QED) is 0.507. The fourth-order valence-electron chi connectivity index (χ4n) is 3.48. The van der Waals surface area contributed by atoms with E-state index in [0.717, 1.165) is 37.4 Å². The molecule has 1 atom stereocenters. The van der Waals surface area contributed by atoms with Crippen LogP contribution in [0.5, 0.6) is 0 Å². The number of nitrogens with zero attached hydrogens (tertiary/aromatic N) is 2. The molecule has 1 N–H and O–H groups in total.